The number of unbranched alkanes of at least 4 members (excludes halogenated alkanes) is 13. The molecule has 4 nitrogen and oxygen atoms in total. The van der Waals surface area contributed by atoms with Gasteiger partial charge in [-0.2, -0.15) is 0 Å². The van der Waals surface area contributed by atoms with Crippen LogP contribution in [0, 0.1) is 0 Å². The maximum absolute atomic E-state index is 10.1. The Balaban J connectivity index is 1.45. The van der Waals surface area contributed by atoms with Crippen LogP contribution in [0.2, 0.25) is 0 Å². The highest BCUT2D eigenvalue weighted by atomic mass is 16.3. The highest BCUT2D eigenvalue weighted by molar-refractivity contribution is 5.57. The summed E-state index contributed by atoms with van der Waals surface area (Å²) in [7, 11) is 0. The average Bonchev–Trinajstić information content (AvgIpc) is 2.72. The number of phenolic OH excluding ortho intramolecular Hbond substituents is 3. The predicted molar refractivity (Wildman–Crippen MR) is 121 cm³/mol. The Morgan fingerprint density at radius 3 is 1.79 bits per heavy atom. The van der Waals surface area contributed by atoms with Crippen molar-refractivity contribution in [1.82, 2.24) is 4.90 Å². The smallest absolute Gasteiger partial charge is 0.200 e. The molecule has 1 aromatic rings. The highest BCUT2D eigenvalue weighted by Gasteiger charge is 2.23. The molecule has 0 saturated heterocycles. The second kappa shape index (κ2) is 13.7. The first-order valence-corrected chi connectivity index (χ1v) is 12.1. The SMILES string of the molecule is CCCCCCCCCCCCCCCCN1CCc2cc(O)c(O)c(O)c2C1. The number of hydrogen-bond acceptors (Lipinski definition) is 4. The van der Waals surface area contributed by atoms with Crippen molar-refractivity contribution in [3.05, 3.63) is 17.2 Å². The molecule has 0 spiro atoms. The summed E-state index contributed by atoms with van der Waals surface area (Å²) in [6.07, 6.45) is 20.0. The van der Waals surface area contributed by atoms with E-state index >= 15 is 0 Å². The van der Waals surface area contributed by atoms with Crippen LogP contribution in [0.5, 0.6) is 17.2 Å². The minimum atomic E-state index is -0.387. The number of benzene rings is 1. The lowest BCUT2D eigenvalue weighted by molar-refractivity contribution is 0.241. The minimum absolute atomic E-state index is 0.148. The van der Waals surface area contributed by atoms with Gasteiger partial charge in [0.1, 0.15) is 0 Å². The molecule has 1 aliphatic heterocycles. The Morgan fingerprint density at radius 1 is 0.724 bits per heavy atom. The molecule has 2 rings (SSSR count). The Morgan fingerprint density at radius 2 is 1.24 bits per heavy atom. The number of hydrogen-bond donors (Lipinski definition) is 3. The molecular formula is C25H43NO3. The topological polar surface area (TPSA) is 63.9 Å². The van der Waals surface area contributed by atoms with E-state index in [1.807, 2.05) is 0 Å². The third-order valence-corrected chi connectivity index (χ3v) is 6.36. The molecule has 0 atom stereocenters. The molecule has 0 amide bonds. The molecule has 1 aliphatic rings. The standard InChI is InChI=1S/C25H43NO3/c1-2-3-4-5-6-7-8-9-10-11-12-13-14-15-17-26-18-16-21-19-23(27)25(29)24(28)22(21)20-26/h19,27-29H,2-18,20H2,1H3. The summed E-state index contributed by atoms with van der Waals surface area (Å²) in [6, 6.07) is 1.59. The van der Waals surface area contributed by atoms with Crippen LogP contribution in [-0.4, -0.2) is 33.3 Å². The summed E-state index contributed by atoms with van der Waals surface area (Å²) >= 11 is 0. The van der Waals surface area contributed by atoms with Gasteiger partial charge in [0.15, 0.2) is 11.5 Å². The molecule has 29 heavy (non-hydrogen) atoms. The van der Waals surface area contributed by atoms with Crippen LogP contribution in [0.4, 0.5) is 0 Å². The Labute approximate surface area is 178 Å². The van der Waals surface area contributed by atoms with Crippen molar-refractivity contribution in [1.29, 1.82) is 0 Å². The zero-order chi connectivity index (χ0) is 20.9. The van der Waals surface area contributed by atoms with Crippen molar-refractivity contribution in [2.75, 3.05) is 13.1 Å². The number of nitrogens with zero attached hydrogens (tertiary/aromatic N) is 1. The van der Waals surface area contributed by atoms with E-state index in [1.165, 1.54) is 89.9 Å². The van der Waals surface area contributed by atoms with E-state index < -0.39 is 0 Å². The normalized spacial score (nSPS) is 14.2. The maximum atomic E-state index is 10.1. The first-order chi connectivity index (χ1) is 14.1. The largest absolute Gasteiger partial charge is 0.504 e. The van der Waals surface area contributed by atoms with Crippen molar-refractivity contribution >= 4 is 0 Å². The number of phenols is 3. The molecule has 0 saturated carbocycles. The van der Waals surface area contributed by atoms with Crippen LogP contribution in [-0.2, 0) is 13.0 Å². The van der Waals surface area contributed by atoms with Gasteiger partial charge >= 0.3 is 0 Å². The highest BCUT2D eigenvalue weighted by Crippen LogP contribution is 2.41. The zero-order valence-corrected chi connectivity index (χ0v) is 18.6. The molecule has 1 aromatic carbocycles. The predicted octanol–water partition coefficient (Wildman–Crippen LogP) is 6.64. The van der Waals surface area contributed by atoms with E-state index in [0.29, 0.717) is 6.54 Å². The lowest BCUT2D eigenvalue weighted by atomic mass is 9.97. The fourth-order valence-corrected chi connectivity index (χ4v) is 4.44. The van der Waals surface area contributed by atoms with Gasteiger partial charge in [-0.1, -0.05) is 90.4 Å². The summed E-state index contributed by atoms with van der Waals surface area (Å²) in [6.45, 7) is 4.93. The van der Waals surface area contributed by atoms with Crippen molar-refractivity contribution in [3.8, 4) is 17.2 Å². The van der Waals surface area contributed by atoms with Gasteiger partial charge in [-0.25, -0.2) is 0 Å². The van der Waals surface area contributed by atoms with Gasteiger partial charge in [0, 0.05) is 18.7 Å². The first kappa shape index (κ1) is 23.9. The summed E-state index contributed by atoms with van der Waals surface area (Å²) in [5.74, 6) is -0.755. The van der Waals surface area contributed by atoms with E-state index in [-0.39, 0.29) is 17.2 Å². The number of aromatic hydroxyl groups is 3. The number of rotatable bonds is 15. The Kier molecular flexibility index (Phi) is 11.3. The molecule has 0 aliphatic carbocycles. The fourth-order valence-electron chi connectivity index (χ4n) is 4.44. The quantitative estimate of drug-likeness (QED) is 0.226. The molecule has 0 unspecified atom stereocenters. The summed E-state index contributed by atoms with van der Waals surface area (Å²) < 4.78 is 0. The van der Waals surface area contributed by atoms with Crippen LogP contribution in [0.3, 0.4) is 0 Å². The Hall–Kier alpha value is -1.42. The molecule has 1 heterocycles. The average molecular weight is 406 g/mol. The van der Waals surface area contributed by atoms with E-state index in [0.717, 1.165) is 30.6 Å². The molecule has 166 valence electrons. The van der Waals surface area contributed by atoms with Crippen molar-refractivity contribution < 1.29 is 15.3 Å². The van der Waals surface area contributed by atoms with Gasteiger partial charge in [-0.05, 0) is 31.0 Å². The third kappa shape index (κ3) is 8.46. The van der Waals surface area contributed by atoms with Gasteiger partial charge in [0.25, 0.3) is 0 Å². The first-order valence-electron chi connectivity index (χ1n) is 12.1. The Bertz CT molecular complexity index is 588. The van der Waals surface area contributed by atoms with Crippen LogP contribution in [0.1, 0.15) is 108 Å². The van der Waals surface area contributed by atoms with E-state index in [1.54, 1.807) is 6.07 Å². The van der Waals surface area contributed by atoms with Gasteiger partial charge in [-0.15, -0.1) is 0 Å². The minimum Gasteiger partial charge on any atom is -0.504 e. The molecule has 0 fully saturated rings. The molecule has 0 aromatic heterocycles. The van der Waals surface area contributed by atoms with Crippen molar-refractivity contribution in [2.24, 2.45) is 0 Å². The monoisotopic (exact) mass is 405 g/mol. The van der Waals surface area contributed by atoms with Gasteiger partial charge in [0.05, 0.1) is 0 Å². The lowest BCUT2D eigenvalue weighted by Gasteiger charge is -2.29. The van der Waals surface area contributed by atoms with Crippen molar-refractivity contribution in [3.63, 3.8) is 0 Å². The summed E-state index contributed by atoms with van der Waals surface area (Å²) in [5.41, 5.74) is 1.73. The van der Waals surface area contributed by atoms with E-state index in [4.69, 9.17) is 0 Å². The van der Waals surface area contributed by atoms with Crippen LogP contribution >= 0.6 is 0 Å². The molecule has 0 bridgehead atoms. The second-order valence-corrected chi connectivity index (χ2v) is 8.85. The lowest BCUT2D eigenvalue weighted by Crippen LogP contribution is -2.31. The zero-order valence-electron chi connectivity index (χ0n) is 18.6. The van der Waals surface area contributed by atoms with Crippen LogP contribution in [0.15, 0.2) is 6.07 Å². The third-order valence-electron chi connectivity index (χ3n) is 6.36. The van der Waals surface area contributed by atoms with Gasteiger partial charge in [0.2, 0.25) is 5.75 Å². The second-order valence-electron chi connectivity index (χ2n) is 8.85. The molecule has 0 radical (unpaired) electrons. The van der Waals surface area contributed by atoms with Gasteiger partial charge in [-0.3, -0.25) is 4.90 Å². The molecule has 4 heteroatoms. The summed E-state index contributed by atoms with van der Waals surface area (Å²) in [5, 5.41) is 29.5. The van der Waals surface area contributed by atoms with E-state index in [2.05, 4.69) is 11.8 Å². The van der Waals surface area contributed by atoms with E-state index in [9.17, 15) is 15.3 Å². The molecule has 3 N–H and O–H groups in total. The maximum Gasteiger partial charge on any atom is 0.200 e. The fraction of sp³-hybridized carbons (Fsp3) is 0.760. The van der Waals surface area contributed by atoms with Crippen molar-refractivity contribution in [2.45, 2.75) is 110 Å². The summed E-state index contributed by atoms with van der Waals surface area (Å²) in [4.78, 5) is 2.35. The molecular weight excluding hydrogens is 362 g/mol. The van der Waals surface area contributed by atoms with Crippen LogP contribution in [0.25, 0.3) is 0 Å². The van der Waals surface area contributed by atoms with Gasteiger partial charge < -0.3 is 15.3 Å². The van der Waals surface area contributed by atoms with Crippen LogP contribution < -0.4 is 0 Å². The number of fused-ring (bicyclic) bond motifs is 1.